The average Bonchev–Trinajstić information content (AvgIpc) is 2.93. The first-order chi connectivity index (χ1) is 18.9. The van der Waals surface area contributed by atoms with Gasteiger partial charge < -0.3 is 26.2 Å². The Morgan fingerprint density at radius 3 is 1.62 bits per heavy atom. The zero-order valence-electron chi connectivity index (χ0n) is 23.5. The monoisotopic (exact) mass is 545 g/mol. The predicted molar refractivity (Wildman–Crippen MR) is 154 cm³/mol. The van der Waals surface area contributed by atoms with Gasteiger partial charge in [0.2, 0.25) is 11.8 Å². The Hall–Kier alpha value is -4.01. The van der Waals surface area contributed by atoms with Gasteiger partial charge in [-0.05, 0) is 50.8 Å². The van der Waals surface area contributed by atoms with Crippen molar-refractivity contribution in [1.29, 1.82) is 0 Å². The van der Waals surface area contributed by atoms with Crippen LogP contribution in [0.2, 0.25) is 0 Å². The number of hydrogen-bond donors (Lipinski definition) is 4. The summed E-state index contributed by atoms with van der Waals surface area (Å²) in [6.07, 6.45) is -0.818. The summed E-state index contributed by atoms with van der Waals surface area (Å²) in [5, 5.41) is 15.3. The fraction of sp³-hybridized carbons (Fsp3) is 0.344. The van der Waals surface area contributed by atoms with E-state index in [0.29, 0.717) is 0 Å². The lowest BCUT2D eigenvalue weighted by atomic mass is 9.77. The molecule has 3 aromatic rings. The Bertz CT molecular complexity index is 1160. The van der Waals surface area contributed by atoms with Gasteiger partial charge in [0.1, 0.15) is 5.54 Å². The van der Waals surface area contributed by atoms with Gasteiger partial charge in [-0.3, -0.25) is 9.59 Å². The van der Waals surface area contributed by atoms with Crippen molar-refractivity contribution < 1.29 is 24.2 Å². The first-order valence-electron chi connectivity index (χ1n) is 13.4. The summed E-state index contributed by atoms with van der Waals surface area (Å²) in [4.78, 5) is 38.1. The Labute approximate surface area is 235 Å². The van der Waals surface area contributed by atoms with Crippen molar-refractivity contribution in [3.8, 4) is 0 Å². The maximum atomic E-state index is 13.5. The molecule has 3 rings (SSSR count). The number of nitrogens with two attached hydrogens (primary N) is 1. The number of rotatable bonds is 12. The van der Waals surface area contributed by atoms with Crippen LogP contribution >= 0.6 is 0 Å². The van der Waals surface area contributed by atoms with E-state index < -0.39 is 41.2 Å². The third-order valence-corrected chi connectivity index (χ3v) is 6.54. The lowest BCUT2D eigenvalue weighted by Crippen LogP contribution is -2.54. The quantitative estimate of drug-likeness (QED) is 0.255. The molecule has 0 saturated carbocycles. The molecule has 2 amide bonds. The molecule has 0 aliphatic rings. The number of amides is 2. The minimum Gasteiger partial charge on any atom is -0.480 e. The number of ether oxygens (including phenoxy) is 1. The fourth-order valence-corrected chi connectivity index (χ4v) is 4.74. The van der Waals surface area contributed by atoms with Gasteiger partial charge in [-0.15, -0.1) is 0 Å². The molecule has 0 unspecified atom stereocenters. The fourth-order valence-electron chi connectivity index (χ4n) is 4.74. The predicted octanol–water partition coefficient (Wildman–Crippen LogP) is 3.98. The van der Waals surface area contributed by atoms with E-state index in [1.807, 2.05) is 91.0 Å². The van der Waals surface area contributed by atoms with Crippen molar-refractivity contribution in [3.05, 3.63) is 108 Å². The van der Waals surface area contributed by atoms with Gasteiger partial charge in [-0.1, -0.05) is 91.0 Å². The largest absolute Gasteiger partial charge is 0.480 e. The molecule has 0 saturated heterocycles. The Balaban J connectivity index is 1.80. The molecule has 0 radical (unpaired) electrons. The number of nitrogens with one attached hydrogen (secondary N) is 2. The molecule has 5 N–H and O–H groups in total. The van der Waals surface area contributed by atoms with Gasteiger partial charge in [-0.25, -0.2) is 4.79 Å². The first-order valence-corrected chi connectivity index (χ1v) is 13.4. The Morgan fingerprint density at radius 1 is 0.825 bits per heavy atom. The topological polar surface area (TPSA) is 131 Å². The van der Waals surface area contributed by atoms with E-state index in [9.17, 15) is 19.5 Å². The summed E-state index contributed by atoms with van der Waals surface area (Å²) >= 11 is 0. The van der Waals surface area contributed by atoms with E-state index in [4.69, 9.17) is 10.5 Å². The van der Waals surface area contributed by atoms with Gasteiger partial charge in [0.15, 0.2) is 6.04 Å². The zero-order chi connectivity index (χ0) is 29.3. The molecule has 0 heterocycles. The minimum atomic E-state index is -1.28. The number of hydrogen-bond acceptors (Lipinski definition) is 5. The number of carbonyl (C=O) groups excluding carboxylic acids is 2. The molecule has 3 atom stereocenters. The SMILES string of the molecule is C[C@@H](OC(C)(C)C)[C@H](NC(=O)[C@@H](N)CCC(=O)NC(c1ccccc1)(c1ccccc1)c1ccccc1)C(=O)O. The van der Waals surface area contributed by atoms with Crippen LogP contribution in [0, 0.1) is 0 Å². The third-order valence-electron chi connectivity index (χ3n) is 6.54. The molecule has 0 bridgehead atoms. The normalized spacial score (nSPS) is 14.0. The molecule has 8 nitrogen and oxygen atoms in total. The van der Waals surface area contributed by atoms with E-state index in [1.165, 1.54) is 0 Å². The van der Waals surface area contributed by atoms with Crippen LogP contribution in [0.5, 0.6) is 0 Å². The molecule has 0 aliphatic heterocycles. The van der Waals surface area contributed by atoms with Crippen LogP contribution in [0.15, 0.2) is 91.0 Å². The van der Waals surface area contributed by atoms with Crippen LogP contribution in [0.3, 0.4) is 0 Å². The van der Waals surface area contributed by atoms with Crippen LogP contribution in [-0.4, -0.2) is 46.7 Å². The summed E-state index contributed by atoms with van der Waals surface area (Å²) in [6.45, 7) is 6.98. The lowest BCUT2D eigenvalue weighted by molar-refractivity contribution is -0.150. The number of aliphatic carboxylic acids is 1. The molecule has 0 spiro atoms. The van der Waals surface area contributed by atoms with Gasteiger partial charge >= 0.3 is 5.97 Å². The maximum Gasteiger partial charge on any atom is 0.328 e. The minimum absolute atomic E-state index is 0.0208. The molecule has 0 fully saturated rings. The summed E-state index contributed by atoms with van der Waals surface area (Å²) in [5.41, 5.74) is 7.16. The smallest absolute Gasteiger partial charge is 0.328 e. The van der Waals surface area contributed by atoms with Crippen molar-refractivity contribution in [2.75, 3.05) is 0 Å². The molecule has 8 heteroatoms. The molecule has 212 valence electrons. The van der Waals surface area contributed by atoms with Crippen molar-refractivity contribution >= 4 is 17.8 Å². The second-order valence-electron chi connectivity index (χ2n) is 10.8. The van der Waals surface area contributed by atoms with E-state index in [0.717, 1.165) is 16.7 Å². The van der Waals surface area contributed by atoms with Gasteiger partial charge in [0.05, 0.1) is 17.7 Å². The van der Waals surface area contributed by atoms with Crippen molar-refractivity contribution in [2.45, 2.75) is 69.9 Å². The van der Waals surface area contributed by atoms with E-state index >= 15 is 0 Å². The van der Waals surface area contributed by atoms with Crippen LogP contribution in [0.4, 0.5) is 0 Å². The van der Waals surface area contributed by atoms with Crippen molar-refractivity contribution in [3.63, 3.8) is 0 Å². The standard InChI is InChI=1S/C32H39N3O5/c1-22(40-31(2,3)4)28(30(38)39)34-29(37)26(33)20-21-27(36)35-32(23-14-8-5-9-15-23,24-16-10-6-11-17-24)25-18-12-7-13-19-25/h5-19,22,26,28H,20-21,33H2,1-4H3,(H,34,37)(H,35,36)(H,38,39)/t22-,26+,28+/m1/s1. The highest BCUT2D eigenvalue weighted by molar-refractivity contribution is 5.88. The number of benzene rings is 3. The second-order valence-corrected chi connectivity index (χ2v) is 10.8. The van der Waals surface area contributed by atoms with E-state index in [1.54, 1.807) is 27.7 Å². The van der Waals surface area contributed by atoms with Crippen LogP contribution in [0.25, 0.3) is 0 Å². The van der Waals surface area contributed by atoms with Gasteiger partial charge in [0, 0.05) is 6.42 Å². The summed E-state index contributed by atoms with van der Waals surface area (Å²) < 4.78 is 5.72. The summed E-state index contributed by atoms with van der Waals surface area (Å²) in [5.74, 6) is -2.20. The Morgan fingerprint density at radius 2 is 1.25 bits per heavy atom. The van der Waals surface area contributed by atoms with Crippen molar-refractivity contribution in [1.82, 2.24) is 10.6 Å². The van der Waals surface area contributed by atoms with Crippen LogP contribution in [-0.2, 0) is 24.7 Å². The molecule has 0 aromatic heterocycles. The van der Waals surface area contributed by atoms with Crippen molar-refractivity contribution in [2.24, 2.45) is 5.73 Å². The average molecular weight is 546 g/mol. The third kappa shape index (κ3) is 7.77. The lowest BCUT2D eigenvalue weighted by Gasteiger charge is -2.37. The van der Waals surface area contributed by atoms with Gasteiger partial charge in [0.25, 0.3) is 0 Å². The molecular weight excluding hydrogens is 506 g/mol. The van der Waals surface area contributed by atoms with E-state index in [2.05, 4.69) is 10.6 Å². The number of carbonyl (C=O) groups is 3. The number of carboxylic acids is 1. The Kier molecular flexibility index (Phi) is 10.2. The first kappa shape index (κ1) is 30.5. The highest BCUT2D eigenvalue weighted by Gasteiger charge is 2.38. The number of carboxylic acid groups (broad SMARTS) is 1. The summed E-state index contributed by atoms with van der Waals surface area (Å²) in [6, 6.07) is 26.7. The molecular formula is C32H39N3O5. The molecule has 3 aromatic carbocycles. The van der Waals surface area contributed by atoms with Gasteiger partial charge in [-0.2, -0.15) is 0 Å². The van der Waals surface area contributed by atoms with Crippen LogP contribution < -0.4 is 16.4 Å². The molecule has 40 heavy (non-hydrogen) atoms. The molecule has 0 aliphatic carbocycles. The maximum absolute atomic E-state index is 13.5. The van der Waals surface area contributed by atoms with Crippen LogP contribution in [0.1, 0.15) is 57.2 Å². The van der Waals surface area contributed by atoms with E-state index in [-0.39, 0.29) is 18.7 Å². The zero-order valence-corrected chi connectivity index (χ0v) is 23.5. The second kappa shape index (κ2) is 13.4. The summed E-state index contributed by atoms with van der Waals surface area (Å²) in [7, 11) is 0. The highest BCUT2D eigenvalue weighted by Crippen LogP contribution is 2.36. The highest BCUT2D eigenvalue weighted by atomic mass is 16.5.